The van der Waals surface area contributed by atoms with E-state index in [9.17, 15) is 0 Å². The van der Waals surface area contributed by atoms with Gasteiger partial charge in [0.15, 0.2) is 5.69 Å². The Bertz CT molecular complexity index is 623. The van der Waals surface area contributed by atoms with Crippen molar-refractivity contribution in [1.82, 2.24) is 15.4 Å². The standard InChI is InChI=1S/C14H11N3O.H2O/c1-3-7-11(8-4-1)13-14(16-17-15-13)18-12-9-5-2-6-10-12;/h1-10H,(H,15,16,17);1H2. The van der Waals surface area contributed by atoms with Crippen LogP contribution in [0.25, 0.3) is 11.3 Å². The van der Waals surface area contributed by atoms with Crippen molar-refractivity contribution in [2.75, 3.05) is 0 Å². The van der Waals surface area contributed by atoms with E-state index in [0.717, 1.165) is 11.3 Å². The van der Waals surface area contributed by atoms with E-state index in [4.69, 9.17) is 4.74 Å². The molecule has 0 aliphatic heterocycles. The number of hydrogen-bond acceptors (Lipinski definition) is 3. The molecule has 3 N–H and O–H groups in total. The summed E-state index contributed by atoms with van der Waals surface area (Å²) in [7, 11) is 0. The first-order valence-electron chi connectivity index (χ1n) is 5.62. The molecule has 0 fully saturated rings. The van der Waals surface area contributed by atoms with Crippen LogP contribution in [0.3, 0.4) is 0 Å². The van der Waals surface area contributed by atoms with Gasteiger partial charge in [-0.2, -0.15) is 10.3 Å². The van der Waals surface area contributed by atoms with E-state index in [1.165, 1.54) is 0 Å². The number of benzene rings is 2. The summed E-state index contributed by atoms with van der Waals surface area (Å²) >= 11 is 0. The van der Waals surface area contributed by atoms with Crippen molar-refractivity contribution in [2.45, 2.75) is 0 Å². The topological polar surface area (TPSA) is 82.3 Å². The highest BCUT2D eigenvalue weighted by molar-refractivity contribution is 5.63. The summed E-state index contributed by atoms with van der Waals surface area (Å²) in [5, 5.41) is 10.7. The largest absolute Gasteiger partial charge is 0.436 e. The van der Waals surface area contributed by atoms with Gasteiger partial charge in [-0.05, 0) is 12.1 Å². The molecule has 0 radical (unpaired) electrons. The molecule has 3 rings (SSSR count). The van der Waals surface area contributed by atoms with Gasteiger partial charge < -0.3 is 10.2 Å². The number of nitrogens with one attached hydrogen (secondary N) is 1. The normalized spacial score (nSPS) is 9.68. The third-order valence-electron chi connectivity index (χ3n) is 2.52. The van der Waals surface area contributed by atoms with Crippen molar-refractivity contribution in [3.05, 3.63) is 60.7 Å². The smallest absolute Gasteiger partial charge is 0.266 e. The molecule has 0 aliphatic rings. The minimum atomic E-state index is 0. The van der Waals surface area contributed by atoms with E-state index in [0.29, 0.717) is 11.6 Å². The lowest BCUT2D eigenvalue weighted by molar-refractivity contribution is 0.463. The molecule has 0 unspecified atom stereocenters. The molecule has 0 spiro atoms. The third-order valence-corrected chi connectivity index (χ3v) is 2.52. The Morgan fingerprint density at radius 1 is 0.789 bits per heavy atom. The molecule has 2 aromatic carbocycles. The lowest BCUT2D eigenvalue weighted by Crippen LogP contribution is -1.87. The zero-order valence-electron chi connectivity index (χ0n) is 10.1. The van der Waals surface area contributed by atoms with Crippen molar-refractivity contribution >= 4 is 0 Å². The van der Waals surface area contributed by atoms with Crippen LogP contribution >= 0.6 is 0 Å². The van der Waals surface area contributed by atoms with Gasteiger partial charge in [0.1, 0.15) is 5.75 Å². The molecular formula is C14H13N3O2. The molecule has 0 saturated heterocycles. The van der Waals surface area contributed by atoms with Gasteiger partial charge in [0.05, 0.1) is 0 Å². The van der Waals surface area contributed by atoms with Crippen molar-refractivity contribution in [3.8, 4) is 22.9 Å². The first kappa shape index (κ1) is 12.8. The first-order valence-corrected chi connectivity index (χ1v) is 5.62. The number of aromatic amines is 1. The van der Waals surface area contributed by atoms with Gasteiger partial charge in [-0.1, -0.05) is 48.5 Å². The number of ether oxygens (including phenoxy) is 1. The van der Waals surface area contributed by atoms with Crippen LogP contribution in [0.4, 0.5) is 0 Å². The first-order chi connectivity index (χ1) is 8.93. The highest BCUT2D eigenvalue weighted by atomic mass is 16.5. The zero-order valence-corrected chi connectivity index (χ0v) is 10.1. The molecule has 0 aliphatic carbocycles. The van der Waals surface area contributed by atoms with E-state index in [2.05, 4.69) is 15.4 Å². The molecule has 96 valence electrons. The molecule has 1 heterocycles. The SMILES string of the molecule is O.c1ccc(Oc2n[nH]nc2-c2ccccc2)cc1. The van der Waals surface area contributed by atoms with Crippen molar-refractivity contribution in [2.24, 2.45) is 0 Å². The predicted molar refractivity (Wildman–Crippen MR) is 71.9 cm³/mol. The molecule has 5 nitrogen and oxygen atoms in total. The predicted octanol–water partition coefficient (Wildman–Crippen LogP) is 2.44. The fourth-order valence-electron chi connectivity index (χ4n) is 1.68. The maximum atomic E-state index is 5.70. The number of aromatic nitrogens is 3. The fourth-order valence-corrected chi connectivity index (χ4v) is 1.68. The van der Waals surface area contributed by atoms with Gasteiger partial charge in [0.25, 0.3) is 5.88 Å². The molecule has 0 atom stereocenters. The van der Waals surface area contributed by atoms with Crippen LogP contribution in [0.1, 0.15) is 0 Å². The molecule has 0 saturated carbocycles. The van der Waals surface area contributed by atoms with Crippen molar-refractivity contribution in [3.63, 3.8) is 0 Å². The van der Waals surface area contributed by atoms with Gasteiger partial charge in [0.2, 0.25) is 0 Å². The van der Waals surface area contributed by atoms with Crippen LogP contribution in [0.2, 0.25) is 0 Å². The molecule has 0 bridgehead atoms. The Kier molecular flexibility index (Phi) is 3.90. The van der Waals surface area contributed by atoms with Crippen molar-refractivity contribution < 1.29 is 10.2 Å². The maximum absolute atomic E-state index is 5.70. The number of nitrogens with zero attached hydrogens (tertiary/aromatic N) is 2. The molecule has 0 amide bonds. The van der Waals surface area contributed by atoms with Crippen LogP contribution in [-0.4, -0.2) is 20.9 Å². The number of rotatable bonds is 3. The van der Waals surface area contributed by atoms with Crippen LogP contribution in [0.5, 0.6) is 11.6 Å². The Labute approximate surface area is 110 Å². The lowest BCUT2D eigenvalue weighted by Gasteiger charge is -2.03. The number of para-hydroxylation sites is 1. The number of hydrogen-bond donors (Lipinski definition) is 1. The second-order valence-corrected chi connectivity index (χ2v) is 3.76. The minimum absolute atomic E-state index is 0. The molecule has 3 aromatic rings. The van der Waals surface area contributed by atoms with Gasteiger partial charge in [-0.3, -0.25) is 0 Å². The summed E-state index contributed by atoms with van der Waals surface area (Å²) in [6.07, 6.45) is 0. The Hall–Kier alpha value is -2.66. The quantitative estimate of drug-likeness (QED) is 0.780. The monoisotopic (exact) mass is 255 g/mol. The second-order valence-electron chi connectivity index (χ2n) is 3.76. The highest BCUT2D eigenvalue weighted by Gasteiger charge is 2.11. The van der Waals surface area contributed by atoms with E-state index in [1.807, 2.05) is 60.7 Å². The molecule has 1 aromatic heterocycles. The van der Waals surface area contributed by atoms with E-state index in [1.54, 1.807) is 0 Å². The average molecular weight is 255 g/mol. The van der Waals surface area contributed by atoms with E-state index in [-0.39, 0.29) is 5.48 Å². The molecular weight excluding hydrogens is 242 g/mol. The van der Waals surface area contributed by atoms with E-state index < -0.39 is 0 Å². The fraction of sp³-hybridized carbons (Fsp3) is 0. The number of H-pyrrole nitrogens is 1. The van der Waals surface area contributed by atoms with Gasteiger partial charge >= 0.3 is 0 Å². The summed E-state index contributed by atoms with van der Waals surface area (Å²) in [5.41, 5.74) is 1.68. The molecule has 5 heteroatoms. The van der Waals surface area contributed by atoms with Gasteiger partial charge in [-0.15, -0.1) is 5.10 Å². The third kappa shape index (κ3) is 2.78. The van der Waals surface area contributed by atoms with E-state index >= 15 is 0 Å². The zero-order chi connectivity index (χ0) is 12.2. The average Bonchev–Trinajstić information content (AvgIpc) is 2.89. The summed E-state index contributed by atoms with van der Waals surface area (Å²) in [6.45, 7) is 0. The van der Waals surface area contributed by atoms with Crippen LogP contribution < -0.4 is 4.74 Å². The summed E-state index contributed by atoms with van der Waals surface area (Å²) in [5.74, 6) is 1.22. The van der Waals surface area contributed by atoms with Crippen LogP contribution in [0.15, 0.2) is 60.7 Å². The summed E-state index contributed by atoms with van der Waals surface area (Å²) in [6, 6.07) is 19.3. The Balaban J connectivity index is 0.00000133. The highest BCUT2D eigenvalue weighted by Crippen LogP contribution is 2.28. The lowest BCUT2D eigenvalue weighted by atomic mass is 10.2. The van der Waals surface area contributed by atoms with Crippen LogP contribution in [0, 0.1) is 0 Å². The molecule has 19 heavy (non-hydrogen) atoms. The van der Waals surface area contributed by atoms with Gasteiger partial charge in [0, 0.05) is 5.56 Å². The van der Waals surface area contributed by atoms with Crippen molar-refractivity contribution in [1.29, 1.82) is 0 Å². The minimum Gasteiger partial charge on any atom is -0.436 e. The summed E-state index contributed by atoms with van der Waals surface area (Å²) < 4.78 is 5.70. The van der Waals surface area contributed by atoms with Gasteiger partial charge in [-0.25, -0.2) is 0 Å². The second kappa shape index (κ2) is 5.79. The summed E-state index contributed by atoms with van der Waals surface area (Å²) in [4.78, 5) is 0. The van der Waals surface area contributed by atoms with Crippen LogP contribution in [-0.2, 0) is 0 Å². The Morgan fingerprint density at radius 2 is 1.42 bits per heavy atom. The maximum Gasteiger partial charge on any atom is 0.266 e. The Morgan fingerprint density at radius 3 is 2.11 bits per heavy atom.